The van der Waals surface area contributed by atoms with Crippen molar-refractivity contribution in [2.75, 3.05) is 6.61 Å². The summed E-state index contributed by atoms with van der Waals surface area (Å²) in [4.78, 5) is 37.5. The van der Waals surface area contributed by atoms with Crippen LogP contribution in [0.3, 0.4) is 0 Å². The van der Waals surface area contributed by atoms with E-state index >= 15 is 0 Å². The fraction of sp³-hybridized carbons (Fsp3) is 0.593. The van der Waals surface area contributed by atoms with E-state index in [0.717, 1.165) is 5.57 Å². The molecule has 2 unspecified atom stereocenters. The summed E-state index contributed by atoms with van der Waals surface area (Å²) in [6, 6.07) is 3.02. The van der Waals surface area contributed by atoms with Crippen LogP contribution in [0.5, 0.6) is 0 Å². The first-order valence-corrected chi connectivity index (χ1v) is 12.6. The molecule has 0 bridgehead atoms. The van der Waals surface area contributed by atoms with Crippen LogP contribution in [-0.4, -0.2) is 50.9 Å². The fourth-order valence-electron chi connectivity index (χ4n) is 8.11. The quantitative estimate of drug-likeness (QED) is 0.477. The minimum absolute atomic E-state index is 0.0330. The first kappa shape index (κ1) is 24.5. The molecule has 0 radical (unpaired) electrons. The molecular weight excluding hydrogens is 472 g/mol. The zero-order chi connectivity index (χ0) is 25.4. The van der Waals surface area contributed by atoms with E-state index in [0.29, 0.717) is 19.3 Å². The molecule has 0 aliphatic heterocycles. The second kappa shape index (κ2) is 7.89. The number of ketones is 2. The molecule has 1 aromatic heterocycles. The molecule has 8 heteroatoms. The van der Waals surface area contributed by atoms with Crippen molar-refractivity contribution in [3.8, 4) is 0 Å². The van der Waals surface area contributed by atoms with E-state index in [4.69, 9.17) is 20.8 Å². The highest BCUT2D eigenvalue weighted by molar-refractivity contribution is 6.26. The molecule has 1 aromatic rings. The summed E-state index contributed by atoms with van der Waals surface area (Å²) < 4.78 is 11.2. The lowest BCUT2D eigenvalue weighted by atomic mass is 9.45. The minimum Gasteiger partial charge on any atom is -0.457 e. The Kier molecular flexibility index (Phi) is 5.52. The van der Waals surface area contributed by atoms with Gasteiger partial charge in [0.1, 0.15) is 6.61 Å². The van der Waals surface area contributed by atoms with Gasteiger partial charge in [0.2, 0.25) is 11.5 Å². The third-order valence-corrected chi connectivity index (χ3v) is 10.6. The minimum atomic E-state index is -1.65. The average Bonchev–Trinajstić information content (AvgIpc) is 3.42. The molecule has 5 rings (SSSR count). The highest BCUT2D eigenvalue weighted by Crippen LogP contribution is 2.72. The number of alkyl halides is 1. The van der Waals surface area contributed by atoms with Crippen LogP contribution in [0.25, 0.3) is 0 Å². The molecule has 3 fully saturated rings. The number of carbonyl (C=O) groups is 3. The summed E-state index contributed by atoms with van der Waals surface area (Å²) in [5.74, 6) is -2.28. The van der Waals surface area contributed by atoms with E-state index in [1.54, 1.807) is 12.1 Å². The van der Waals surface area contributed by atoms with Crippen LogP contribution in [0.2, 0.25) is 0 Å². The second-order valence-corrected chi connectivity index (χ2v) is 11.7. The molecule has 8 atom stereocenters. The first-order valence-electron chi connectivity index (χ1n) is 12.2. The standard InChI is InChI=1S/C27H31ClO7/c1-15-11-19-18-7-6-16-12-17(30)8-9-24(16,2)26(18,28)21(31)13-25(19,3)27(15,22(32)14-29)35-23(33)20-5-4-10-34-20/h4-5,8-10,12,15,18-19,21,29,31H,6-7,11,13-14H2,1-3H3/t15?,18-,19-,21?,24-,25-,26-,27-/m0/s1. The number of hydrogen-bond acceptors (Lipinski definition) is 7. The molecule has 0 aromatic carbocycles. The number of aliphatic hydroxyl groups is 2. The van der Waals surface area contributed by atoms with Gasteiger partial charge in [0.25, 0.3) is 0 Å². The summed E-state index contributed by atoms with van der Waals surface area (Å²) >= 11 is 7.45. The Morgan fingerprint density at radius 1 is 1.29 bits per heavy atom. The van der Waals surface area contributed by atoms with Crippen LogP contribution in [0.15, 0.2) is 46.6 Å². The lowest BCUT2D eigenvalue weighted by Crippen LogP contribution is -2.69. The number of furan rings is 1. The average molecular weight is 503 g/mol. The fourth-order valence-corrected chi connectivity index (χ4v) is 8.63. The molecule has 0 saturated heterocycles. The van der Waals surface area contributed by atoms with Crippen molar-refractivity contribution in [3.05, 3.63) is 48.0 Å². The molecular formula is C27H31ClO7. The summed E-state index contributed by atoms with van der Waals surface area (Å²) in [5.41, 5.74) is -2.44. The number of allylic oxidation sites excluding steroid dienone is 4. The lowest BCUT2D eigenvalue weighted by molar-refractivity contribution is -0.181. The van der Waals surface area contributed by atoms with Crippen LogP contribution in [0.1, 0.15) is 57.0 Å². The zero-order valence-corrected chi connectivity index (χ0v) is 20.9. The Morgan fingerprint density at radius 2 is 2.03 bits per heavy atom. The summed E-state index contributed by atoms with van der Waals surface area (Å²) in [6.45, 7) is 4.90. The number of Topliss-reactive ketones (excluding diaryl/α,β-unsaturated/α-hetero) is 1. The maximum absolute atomic E-state index is 13.5. The summed E-state index contributed by atoms with van der Waals surface area (Å²) in [7, 11) is 0. The van der Waals surface area contributed by atoms with Crippen molar-refractivity contribution in [1.29, 1.82) is 0 Å². The van der Waals surface area contributed by atoms with Crippen molar-refractivity contribution >= 4 is 29.1 Å². The van der Waals surface area contributed by atoms with Gasteiger partial charge in [0, 0.05) is 16.7 Å². The zero-order valence-electron chi connectivity index (χ0n) is 20.1. The van der Waals surface area contributed by atoms with Crippen molar-refractivity contribution in [2.45, 2.75) is 63.0 Å². The van der Waals surface area contributed by atoms with Crippen LogP contribution in [0.4, 0.5) is 0 Å². The predicted molar refractivity (Wildman–Crippen MR) is 127 cm³/mol. The molecule has 0 spiro atoms. The monoisotopic (exact) mass is 502 g/mol. The highest BCUT2D eigenvalue weighted by atomic mass is 35.5. The van der Waals surface area contributed by atoms with Crippen molar-refractivity contribution < 1.29 is 33.8 Å². The van der Waals surface area contributed by atoms with Gasteiger partial charge in [-0.25, -0.2) is 4.79 Å². The maximum atomic E-state index is 13.5. The predicted octanol–water partition coefficient (Wildman–Crippen LogP) is 3.62. The number of ether oxygens (including phenoxy) is 1. The number of hydrogen-bond donors (Lipinski definition) is 2. The smallest absolute Gasteiger partial charge is 0.375 e. The number of aliphatic hydroxyl groups excluding tert-OH is 2. The van der Waals surface area contributed by atoms with Gasteiger partial charge in [-0.2, -0.15) is 0 Å². The summed E-state index contributed by atoms with van der Waals surface area (Å²) in [5, 5.41) is 21.7. The molecule has 4 aliphatic rings. The number of fused-ring (bicyclic) bond motifs is 5. The molecule has 188 valence electrons. The highest BCUT2D eigenvalue weighted by Gasteiger charge is 2.76. The largest absolute Gasteiger partial charge is 0.457 e. The third kappa shape index (κ3) is 2.95. The van der Waals surface area contributed by atoms with Gasteiger partial charge < -0.3 is 19.4 Å². The maximum Gasteiger partial charge on any atom is 0.375 e. The Hall–Kier alpha value is -2.22. The van der Waals surface area contributed by atoms with Crippen LogP contribution in [0, 0.1) is 28.6 Å². The van der Waals surface area contributed by atoms with E-state index in [-0.39, 0.29) is 29.8 Å². The van der Waals surface area contributed by atoms with E-state index in [9.17, 15) is 24.6 Å². The topological polar surface area (TPSA) is 114 Å². The van der Waals surface area contributed by atoms with Crippen molar-refractivity contribution in [1.82, 2.24) is 0 Å². The number of rotatable bonds is 4. The van der Waals surface area contributed by atoms with Gasteiger partial charge in [-0.15, -0.1) is 11.6 Å². The molecule has 1 heterocycles. The lowest BCUT2D eigenvalue weighted by Gasteiger charge is -2.64. The van der Waals surface area contributed by atoms with Crippen molar-refractivity contribution in [2.24, 2.45) is 28.6 Å². The Labute approximate surface area is 209 Å². The van der Waals surface area contributed by atoms with E-state index < -0.39 is 51.7 Å². The van der Waals surface area contributed by atoms with Gasteiger partial charge in [0.15, 0.2) is 11.4 Å². The molecule has 2 N–H and O–H groups in total. The number of carbonyl (C=O) groups excluding carboxylic acids is 3. The first-order chi connectivity index (χ1) is 16.5. The van der Waals surface area contributed by atoms with Crippen molar-refractivity contribution in [3.63, 3.8) is 0 Å². The van der Waals surface area contributed by atoms with E-state index in [1.807, 2.05) is 26.8 Å². The normalized spacial score (nSPS) is 44.2. The van der Waals surface area contributed by atoms with Gasteiger partial charge in [-0.05, 0) is 61.8 Å². The van der Waals surface area contributed by atoms with Crippen LogP contribution >= 0.6 is 11.6 Å². The Bertz CT molecular complexity index is 1140. The summed E-state index contributed by atoms with van der Waals surface area (Å²) in [6.07, 6.45) is 7.17. The van der Waals surface area contributed by atoms with Gasteiger partial charge in [-0.1, -0.05) is 32.4 Å². The molecule has 3 saturated carbocycles. The van der Waals surface area contributed by atoms with Crippen LogP contribution < -0.4 is 0 Å². The SMILES string of the molecule is CC1C[C@H]2[C@@H]3CCC4=CC(=O)C=C[C@]4(C)[C@@]3(Cl)C(O)C[C@]2(C)[C@@]1(OC(=O)c1ccco1)C(=O)CO. The number of halogens is 1. The molecule has 4 aliphatic carbocycles. The van der Waals surface area contributed by atoms with E-state index in [2.05, 4.69) is 0 Å². The van der Waals surface area contributed by atoms with Crippen LogP contribution in [-0.2, 0) is 14.3 Å². The number of esters is 1. The van der Waals surface area contributed by atoms with Gasteiger partial charge in [0.05, 0.1) is 17.2 Å². The second-order valence-electron chi connectivity index (χ2n) is 11.1. The molecule has 0 amide bonds. The van der Waals surface area contributed by atoms with Gasteiger partial charge in [-0.3, -0.25) is 9.59 Å². The molecule has 7 nitrogen and oxygen atoms in total. The Morgan fingerprint density at radius 3 is 2.69 bits per heavy atom. The molecule has 35 heavy (non-hydrogen) atoms. The third-order valence-electron chi connectivity index (χ3n) is 9.71. The Balaban J connectivity index is 1.61. The van der Waals surface area contributed by atoms with E-state index in [1.165, 1.54) is 18.4 Å². The van der Waals surface area contributed by atoms with Gasteiger partial charge >= 0.3 is 5.97 Å².